The van der Waals surface area contributed by atoms with Crippen molar-refractivity contribution in [2.24, 2.45) is 0 Å². The topological polar surface area (TPSA) is 48.5 Å². The predicted octanol–water partition coefficient (Wildman–Crippen LogP) is 5.64. The average Bonchev–Trinajstić information content (AvgIpc) is 2.80. The number of hydrogen-bond donors (Lipinski definition) is 1. The predicted molar refractivity (Wildman–Crippen MR) is 135 cm³/mol. The summed E-state index contributed by atoms with van der Waals surface area (Å²) in [7, 11) is 0. The lowest BCUT2D eigenvalue weighted by Gasteiger charge is -2.37. The fraction of sp³-hybridized carbons (Fsp3) is 0.760. The minimum atomic E-state index is -0.00726. The fourth-order valence-corrected chi connectivity index (χ4v) is 4.51. The van der Waals surface area contributed by atoms with Gasteiger partial charge in [-0.2, -0.15) is 0 Å². The van der Waals surface area contributed by atoms with Crippen LogP contribution in [0.5, 0.6) is 0 Å². The molecule has 0 unspecified atom stereocenters. The number of alkyl halides is 1. The Kier molecular flexibility index (Phi) is 13.2. The first-order valence-electron chi connectivity index (χ1n) is 12.4. The van der Waals surface area contributed by atoms with Crippen LogP contribution < -0.4 is 10.2 Å². The first-order chi connectivity index (χ1) is 15.1. The van der Waals surface area contributed by atoms with Gasteiger partial charge in [0.2, 0.25) is 0 Å². The molecule has 2 heterocycles. The lowest BCUT2D eigenvalue weighted by atomic mass is 10.1. The Labute approximate surface area is 198 Å². The molecule has 1 aliphatic rings. The molecule has 0 aromatic carbocycles. The van der Waals surface area contributed by atoms with Gasteiger partial charge < -0.3 is 10.2 Å². The molecular weight excluding hydrogens is 452 g/mol. The summed E-state index contributed by atoms with van der Waals surface area (Å²) < 4.78 is 0. The van der Waals surface area contributed by atoms with Crippen LogP contribution in [-0.2, 0) is 0 Å². The summed E-state index contributed by atoms with van der Waals surface area (Å²) in [5, 5.41) is 4.18. The zero-order valence-corrected chi connectivity index (χ0v) is 21.3. The van der Waals surface area contributed by atoms with Crippen LogP contribution in [0.4, 0.5) is 5.82 Å². The van der Waals surface area contributed by atoms with Crippen molar-refractivity contribution < 1.29 is 4.79 Å². The molecule has 5 nitrogen and oxygen atoms in total. The molecule has 1 N–H and O–H groups in total. The van der Waals surface area contributed by atoms with Crippen LogP contribution >= 0.6 is 15.9 Å². The quantitative estimate of drug-likeness (QED) is 0.253. The minimum Gasteiger partial charge on any atom is -0.354 e. The first-order valence-corrected chi connectivity index (χ1v) is 13.5. The number of anilines is 1. The van der Waals surface area contributed by atoms with Gasteiger partial charge in [0.15, 0.2) is 0 Å². The van der Waals surface area contributed by atoms with Gasteiger partial charge in [0.25, 0.3) is 5.91 Å². The van der Waals surface area contributed by atoms with Gasteiger partial charge >= 0.3 is 0 Å². The molecule has 0 atom stereocenters. The lowest BCUT2D eigenvalue weighted by Crippen LogP contribution is -2.49. The van der Waals surface area contributed by atoms with Gasteiger partial charge in [-0.25, -0.2) is 4.98 Å². The highest BCUT2D eigenvalue weighted by atomic mass is 79.9. The molecule has 0 radical (unpaired) electrons. The van der Waals surface area contributed by atoms with Gasteiger partial charge in [-0.3, -0.25) is 9.69 Å². The summed E-state index contributed by atoms with van der Waals surface area (Å²) in [6.07, 6.45) is 14.7. The maximum atomic E-state index is 12.4. The number of halogens is 1. The van der Waals surface area contributed by atoms with E-state index in [1.165, 1.54) is 57.8 Å². The number of pyridine rings is 1. The molecule has 1 saturated heterocycles. The molecule has 2 rings (SSSR count). The van der Waals surface area contributed by atoms with E-state index >= 15 is 0 Å². The third kappa shape index (κ3) is 10.3. The maximum Gasteiger partial charge on any atom is 0.252 e. The van der Waals surface area contributed by atoms with E-state index in [9.17, 15) is 4.79 Å². The summed E-state index contributed by atoms with van der Waals surface area (Å²) in [4.78, 5) is 21.7. The van der Waals surface area contributed by atoms with Crippen molar-refractivity contribution in [1.82, 2.24) is 15.2 Å². The van der Waals surface area contributed by atoms with Crippen molar-refractivity contribution in [3.05, 3.63) is 23.9 Å². The van der Waals surface area contributed by atoms with Gasteiger partial charge in [-0.15, -0.1) is 0 Å². The van der Waals surface area contributed by atoms with Gasteiger partial charge in [-0.05, 0) is 38.8 Å². The van der Waals surface area contributed by atoms with Gasteiger partial charge in [0.1, 0.15) is 5.82 Å². The Bertz CT molecular complexity index is 600. The van der Waals surface area contributed by atoms with Crippen molar-refractivity contribution in [3.8, 4) is 0 Å². The van der Waals surface area contributed by atoms with E-state index in [1.54, 1.807) is 6.20 Å². The first kappa shape index (κ1) is 26.1. The van der Waals surface area contributed by atoms with Crippen LogP contribution in [0.25, 0.3) is 0 Å². The lowest BCUT2D eigenvalue weighted by molar-refractivity contribution is 0.0952. The largest absolute Gasteiger partial charge is 0.354 e. The molecule has 176 valence electrons. The van der Waals surface area contributed by atoms with Crippen LogP contribution in [0.2, 0.25) is 0 Å². The van der Waals surface area contributed by atoms with E-state index in [-0.39, 0.29) is 5.91 Å². The number of nitrogens with one attached hydrogen (secondary N) is 1. The molecule has 1 aromatic rings. The van der Waals surface area contributed by atoms with Crippen LogP contribution in [0.15, 0.2) is 18.3 Å². The minimum absolute atomic E-state index is 0.00726. The van der Waals surface area contributed by atoms with Crippen LogP contribution in [0.1, 0.15) is 88.4 Å². The van der Waals surface area contributed by atoms with Crippen LogP contribution in [-0.4, -0.2) is 59.9 Å². The molecule has 6 heteroatoms. The van der Waals surface area contributed by atoms with E-state index in [2.05, 4.69) is 49.9 Å². The molecule has 1 amide bonds. The summed E-state index contributed by atoms with van der Waals surface area (Å²) in [6, 6.07) is 4.49. The molecule has 0 bridgehead atoms. The highest BCUT2D eigenvalue weighted by molar-refractivity contribution is 9.09. The third-order valence-corrected chi connectivity index (χ3v) is 6.79. The SMILES string of the molecule is CC(C)N1CCN(c2ccc(C(=O)NCCCCCCCCCCCCBr)cn2)CC1. The number of nitrogens with zero attached hydrogens (tertiary/aromatic N) is 3. The Morgan fingerprint density at radius 3 is 2.03 bits per heavy atom. The summed E-state index contributed by atoms with van der Waals surface area (Å²) in [6.45, 7) is 9.37. The summed E-state index contributed by atoms with van der Waals surface area (Å²) in [5.41, 5.74) is 0.657. The monoisotopic (exact) mass is 494 g/mol. The number of rotatable bonds is 15. The molecule has 0 saturated carbocycles. The van der Waals surface area contributed by atoms with Crippen molar-refractivity contribution in [2.45, 2.75) is 84.1 Å². The molecule has 1 fully saturated rings. The Balaban J connectivity index is 1.53. The van der Waals surface area contributed by atoms with Crippen LogP contribution in [0, 0.1) is 0 Å². The van der Waals surface area contributed by atoms with E-state index < -0.39 is 0 Å². The van der Waals surface area contributed by atoms with E-state index in [0.29, 0.717) is 11.6 Å². The molecule has 31 heavy (non-hydrogen) atoms. The van der Waals surface area contributed by atoms with Crippen molar-refractivity contribution in [2.75, 3.05) is 43.0 Å². The van der Waals surface area contributed by atoms with E-state index in [4.69, 9.17) is 0 Å². The average molecular weight is 496 g/mol. The standard InChI is InChI=1S/C25H43BrN4O/c1-22(2)29-17-19-30(20-18-29)24-14-13-23(21-28-24)25(31)27-16-12-10-8-6-4-3-5-7-9-11-15-26/h13-14,21-22H,3-12,15-20H2,1-2H3,(H,27,31). The Hall–Kier alpha value is -1.14. The third-order valence-electron chi connectivity index (χ3n) is 6.22. The molecular formula is C25H43BrN4O. The molecule has 1 aliphatic heterocycles. The number of carbonyl (C=O) groups is 1. The molecule has 0 spiro atoms. The highest BCUT2D eigenvalue weighted by Crippen LogP contribution is 2.15. The number of unbranched alkanes of at least 4 members (excludes halogenated alkanes) is 9. The number of hydrogen-bond acceptors (Lipinski definition) is 4. The second-order valence-electron chi connectivity index (χ2n) is 9.00. The zero-order valence-electron chi connectivity index (χ0n) is 19.8. The van der Waals surface area contributed by atoms with Crippen molar-refractivity contribution in [1.29, 1.82) is 0 Å². The smallest absolute Gasteiger partial charge is 0.252 e. The van der Waals surface area contributed by atoms with E-state index in [1.807, 2.05) is 12.1 Å². The van der Waals surface area contributed by atoms with Crippen molar-refractivity contribution >= 4 is 27.7 Å². The zero-order chi connectivity index (χ0) is 22.3. The van der Waals surface area contributed by atoms with E-state index in [0.717, 1.165) is 50.3 Å². The Morgan fingerprint density at radius 1 is 0.935 bits per heavy atom. The second-order valence-corrected chi connectivity index (χ2v) is 9.80. The van der Waals surface area contributed by atoms with Gasteiger partial charge in [0.05, 0.1) is 5.56 Å². The molecule has 1 aromatic heterocycles. The summed E-state index contributed by atoms with van der Waals surface area (Å²) in [5.74, 6) is 0.968. The fourth-order valence-electron chi connectivity index (χ4n) is 4.11. The number of aromatic nitrogens is 1. The number of carbonyl (C=O) groups excluding carboxylic acids is 1. The normalized spacial score (nSPS) is 14.9. The maximum absolute atomic E-state index is 12.4. The number of amides is 1. The Morgan fingerprint density at radius 2 is 1.52 bits per heavy atom. The van der Waals surface area contributed by atoms with Crippen molar-refractivity contribution in [3.63, 3.8) is 0 Å². The van der Waals surface area contributed by atoms with Gasteiger partial charge in [-0.1, -0.05) is 67.3 Å². The molecule has 0 aliphatic carbocycles. The number of piperazine rings is 1. The van der Waals surface area contributed by atoms with Gasteiger partial charge in [0, 0.05) is 50.3 Å². The highest BCUT2D eigenvalue weighted by Gasteiger charge is 2.19. The second kappa shape index (κ2) is 15.6. The summed E-state index contributed by atoms with van der Waals surface area (Å²) >= 11 is 3.49. The van der Waals surface area contributed by atoms with Crippen LogP contribution in [0.3, 0.4) is 0 Å².